The third-order valence-electron chi connectivity index (χ3n) is 2.01. The van der Waals surface area contributed by atoms with Gasteiger partial charge in [-0.05, 0) is 23.1 Å². The summed E-state index contributed by atoms with van der Waals surface area (Å²) in [4.78, 5) is 10.1. The van der Waals surface area contributed by atoms with E-state index in [1.165, 1.54) is 11.6 Å². The van der Waals surface area contributed by atoms with E-state index in [-0.39, 0.29) is 51.4 Å². The smallest absolute Gasteiger partial charge is 0.545 e. The van der Waals surface area contributed by atoms with Gasteiger partial charge in [0.2, 0.25) is 0 Å². The van der Waals surface area contributed by atoms with Crippen LogP contribution in [0.25, 0.3) is 6.08 Å². The van der Waals surface area contributed by atoms with Gasteiger partial charge in [-0.2, -0.15) is 0 Å². The fourth-order valence-corrected chi connectivity index (χ4v) is 1.16. The Morgan fingerprint density at radius 1 is 1.27 bits per heavy atom. The van der Waals surface area contributed by atoms with Crippen LogP contribution < -0.4 is 56.5 Å². The fourth-order valence-electron chi connectivity index (χ4n) is 1.16. The minimum Gasteiger partial charge on any atom is -0.545 e. The number of benzene rings is 1. The SMILES string of the molecule is CC(C)c1ccc(/C=C/C(=O)[O-])cc1.[K+]. The van der Waals surface area contributed by atoms with Gasteiger partial charge in [0.25, 0.3) is 0 Å². The van der Waals surface area contributed by atoms with Crippen LogP contribution in [0.3, 0.4) is 0 Å². The Bertz CT molecular complexity index is 339. The van der Waals surface area contributed by atoms with E-state index in [0.717, 1.165) is 11.6 Å². The number of carboxylic acid groups (broad SMARTS) is 1. The first kappa shape index (κ1) is 15.1. The van der Waals surface area contributed by atoms with Crippen LogP contribution in [0.1, 0.15) is 30.9 Å². The van der Waals surface area contributed by atoms with E-state index in [9.17, 15) is 9.90 Å². The number of aliphatic carboxylic acids is 1. The fraction of sp³-hybridized carbons (Fsp3) is 0.250. The molecular formula is C12H13KO2. The van der Waals surface area contributed by atoms with E-state index in [1.54, 1.807) is 0 Å². The molecule has 0 N–H and O–H groups in total. The van der Waals surface area contributed by atoms with Crippen molar-refractivity contribution in [1.82, 2.24) is 0 Å². The van der Waals surface area contributed by atoms with Crippen molar-refractivity contribution in [3.05, 3.63) is 41.5 Å². The van der Waals surface area contributed by atoms with Gasteiger partial charge >= 0.3 is 51.4 Å². The molecule has 15 heavy (non-hydrogen) atoms. The Morgan fingerprint density at radius 3 is 2.20 bits per heavy atom. The normalized spacial score (nSPS) is 10.3. The zero-order valence-corrected chi connectivity index (χ0v) is 12.5. The minimum absolute atomic E-state index is 0. The van der Waals surface area contributed by atoms with Crippen molar-refractivity contribution >= 4 is 12.0 Å². The van der Waals surface area contributed by atoms with Crippen molar-refractivity contribution in [2.45, 2.75) is 19.8 Å². The van der Waals surface area contributed by atoms with Crippen molar-refractivity contribution in [3.63, 3.8) is 0 Å². The number of rotatable bonds is 3. The number of carbonyl (C=O) groups excluding carboxylic acids is 1. The summed E-state index contributed by atoms with van der Waals surface area (Å²) in [7, 11) is 0. The summed E-state index contributed by atoms with van der Waals surface area (Å²) in [6, 6.07) is 7.79. The van der Waals surface area contributed by atoms with E-state index >= 15 is 0 Å². The molecule has 0 aliphatic heterocycles. The first-order valence-electron chi connectivity index (χ1n) is 4.58. The molecule has 0 bridgehead atoms. The van der Waals surface area contributed by atoms with Gasteiger partial charge in [-0.1, -0.05) is 44.2 Å². The van der Waals surface area contributed by atoms with Crippen LogP contribution in [0.5, 0.6) is 0 Å². The molecule has 0 heterocycles. The van der Waals surface area contributed by atoms with Crippen LogP contribution in [0.2, 0.25) is 0 Å². The van der Waals surface area contributed by atoms with Crippen molar-refractivity contribution in [1.29, 1.82) is 0 Å². The number of carbonyl (C=O) groups is 1. The molecule has 0 unspecified atom stereocenters. The molecule has 0 aromatic heterocycles. The predicted molar refractivity (Wildman–Crippen MR) is 54.6 cm³/mol. The maximum atomic E-state index is 10.1. The van der Waals surface area contributed by atoms with Crippen LogP contribution in [-0.2, 0) is 4.79 Å². The Hall–Kier alpha value is 0.0664. The Kier molecular flexibility index (Phi) is 7.39. The van der Waals surface area contributed by atoms with E-state index in [4.69, 9.17) is 0 Å². The largest absolute Gasteiger partial charge is 1.00 e. The van der Waals surface area contributed by atoms with Crippen LogP contribution in [-0.4, -0.2) is 5.97 Å². The molecule has 0 radical (unpaired) electrons. The molecule has 3 heteroatoms. The Morgan fingerprint density at radius 2 is 1.80 bits per heavy atom. The topological polar surface area (TPSA) is 40.1 Å². The number of hydrogen-bond acceptors (Lipinski definition) is 2. The molecule has 0 atom stereocenters. The van der Waals surface area contributed by atoms with E-state index in [1.807, 2.05) is 24.3 Å². The summed E-state index contributed by atoms with van der Waals surface area (Å²) in [5.41, 5.74) is 2.12. The third kappa shape index (κ3) is 5.63. The summed E-state index contributed by atoms with van der Waals surface area (Å²) in [6.07, 6.45) is 2.56. The van der Waals surface area contributed by atoms with E-state index < -0.39 is 5.97 Å². The molecule has 2 nitrogen and oxygen atoms in total. The van der Waals surface area contributed by atoms with Gasteiger partial charge < -0.3 is 9.90 Å². The Labute approximate surface area is 133 Å². The molecule has 0 spiro atoms. The van der Waals surface area contributed by atoms with Crippen molar-refractivity contribution < 1.29 is 61.3 Å². The van der Waals surface area contributed by atoms with E-state index in [2.05, 4.69) is 13.8 Å². The summed E-state index contributed by atoms with van der Waals surface area (Å²) in [5.74, 6) is -0.674. The standard InChI is InChI=1S/C12H14O2.K/c1-9(2)11-6-3-10(4-7-11)5-8-12(13)14;/h3-9H,1-2H3,(H,13,14);/q;+1/p-1/b8-5+;. The maximum Gasteiger partial charge on any atom is 1.00 e. The zero-order chi connectivity index (χ0) is 10.6. The van der Waals surface area contributed by atoms with Crippen molar-refractivity contribution in [3.8, 4) is 0 Å². The molecule has 1 rings (SSSR count). The molecule has 0 aliphatic rings. The zero-order valence-electron chi connectivity index (χ0n) is 9.36. The van der Waals surface area contributed by atoms with Crippen molar-refractivity contribution in [2.75, 3.05) is 0 Å². The van der Waals surface area contributed by atoms with Crippen LogP contribution in [0.15, 0.2) is 30.3 Å². The number of carboxylic acids is 1. The van der Waals surface area contributed by atoms with Gasteiger partial charge in [-0.15, -0.1) is 0 Å². The molecule has 0 saturated carbocycles. The second-order valence-electron chi connectivity index (χ2n) is 3.47. The first-order valence-corrected chi connectivity index (χ1v) is 4.58. The van der Waals surface area contributed by atoms with E-state index in [0.29, 0.717) is 5.92 Å². The molecular weight excluding hydrogens is 215 g/mol. The van der Waals surface area contributed by atoms with Gasteiger partial charge in [0, 0.05) is 0 Å². The van der Waals surface area contributed by atoms with Gasteiger partial charge in [0.05, 0.1) is 5.97 Å². The monoisotopic (exact) mass is 228 g/mol. The van der Waals surface area contributed by atoms with Crippen LogP contribution in [0.4, 0.5) is 0 Å². The summed E-state index contributed by atoms with van der Waals surface area (Å²) < 4.78 is 0. The van der Waals surface area contributed by atoms with Crippen LogP contribution >= 0.6 is 0 Å². The minimum atomic E-state index is -1.17. The van der Waals surface area contributed by atoms with Gasteiger partial charge in [0.1, 0.15) is 0 Å². The van der Waals surface area contributed by atoms with Gasteiger partial charge in [-0.3, -0.25) is 0 Å². The van der Waals surface area contributed by atoms with Gasteiger partial charge in [-0.25, -0.2) is 0 Å². The number of hydrogen-bond donors (Lipinski definition) is 0. The molecule has 0 fully saturated rings. The second-order valence-corrected chi connectivity index (χ2v) is 3.47. The molecule has 1 aromatic rings. The quantitative estimate of drug-likeness (QED) is 0.470. The third-order valence-corrected chi connectivity index (χ3v) is 2.01. The molecule has 1 aromatic carbocycles. The molecule has 74 valence electrons. The van der Waals surface area contributed by atoms with Crippen molar-refractivity contribution in [2.24, 2.45) is 0 Å². The predicted octanol–water partition coefficient (Wildman–Crippen LogP) is -1.42. The summed E-state index contributed by atoms with van der Waals surface area (Å²) >= 11 is 0. The average molecular weight is 228 g/mol. The summed E-state index contributed by atoms with van der Waals surface area (Å²) in [5, 5.41) is 10.1. The molecule has 0 amide bonds. The van der Waals surface area contributed by atoms with Gasteiger partial charge in [0.15, 0.2) is 0 Å². The maximum absolute atomic E-state index is 10.1. The molecule has 0 saturated heterocycles. The molecule has 0 aliphatic carbocycles. The average Bonchev–Trinajstić information content (AvgIpc) is 2.15. The summed E-state index contributed by atoms with van der Waals surface area (Å²) in [6.45, 7) is 4.23. The Balaban J connectivity index is 0.00000196. The second kappa shape index (κ2) is 7.36. The van der Waals surface area contributed by atoms with Crippen LogP contribution in [0, 0.1) is 0 Å². The first-order chi connectivity index (χ1) is 6.59.